The van der Waals surface area contributed by atoms with E-state index in [2.05, 4.69) is 5.32 Å². The molecule has 0 saturated carbocycles. The third-order valence-electron chi connectivity index (χ3n) is 3.32. The number of carbonyl (C=O) groups excluding carboxylic acids is 2. The molecular weight excluding hydrogens is 344 g/mol. The van der Waals surface area contributed by atoms with Crippen molar-refractivity contribution in [3.05, 3.63) is 53.1 Å². The van der Waals surface area contributed by atoms with E-state index < -0.39 is 0 Å². The van der Waals surface area contributed by atoms with Crippen LogP contribution in [0, 0.1) is 0 Å². The van der Waals surface area contributed by atoms with E-state index in [0.717, 1.165) is 0 Å². The van der Waals surface area contributed by atoms with Gasteiger partial charge in [-0.05, 0) is 30.3 Å². The van der Waals surface area contributed by atoms with Gasteiger partial charge in [0.25, 0.3) is 11.8 Å². The highest BCUT2D eigenvalue weighted by molar-refractivity contribution is 6.34. The van der Waals surface area contributed by atoms with Gasteiger partial charge in [0.05, 0.1) is 17.7 Å². The first-order valence-electron chi connectivity index (χ1n) is 7.49. The Bertz CT molecular complexity index is 777. The van der Waals surface area contributed by atoms with Crippen molar-refractivity contribution in [2.45, 2.75) is 0 Å². The monoisotopic (exact) mass is 362 g/mol. The van der Waals surface area contributed by atoms with Crippen LogP contribution in [-0.4, -0.2) is 44.5 Å². The minimum absolute atomic E-state index is 0.184. The largest absolute Gasteiger partial charge is 0.493 e. The van der Waals surface area contributed by atoms with Crippen LogP contribution in [0.1, 0.15) is 10.4 Å². The first-order valence-corrected chi connectivity index (χ1v) is 7.87. The highest BCUT2D eigenvalue weighted by Gasteiger charge is 2.14. The summed E-state index contributed by atoms with van der Waals surface area (Å²) >= 11 is 6.12. The maximum atomic E-state index is 12.0. The number of benzene rings is 2. The van der Waals surface area contributed by atoms with E-state index in [4.69, 9.17) is 21.1 Å². The number of carbonyl (C=O) groups is 2. The van der Waals surface area contributed by atoms with E-state index in [-0.39, 0.29) is 23.4 Å². The molecule has 0 aliphatic heterocycles. The van der Waals surface area contributed by atoms with Crippen molar-refractivity contribution in [2.24, 2.45) is 0 Å². The Labute approximate surface area is 151 Å². The van der Waals surface area contributed by atoms with Gasteiger partial charge in [-0.25, -0.2) is 0 Å². The molecule has 2 amide bonds. The van der Waals surface area contributed by atoms with Crippen molar-refractivity contribution < 1.29 is 19.1 Å². The maximum Gasteiger partial charge on any atom is 0.262 e. The molecule has 0 aliphatic rings. The lowest BCUT2D eigenvalue weighted by molar-refractivity contribution is -0.118. The molecule has 2 rings (SSSR count). The van der Waals surface area contributed by atoms with Gasteiger partial charge >= 0.3 is 0 Å². The molecule has 0 fully saturated rings. The van der Waals surface area contributed by atoms with E-state index in [1.54, 1.807) is 44.4 Å². The number of hydrogen-bond acceptors (Lipinski definition) is 4. The van der Waals surface area contributed by atoms with Gasteiger partial charge in [-0.15, -0.1) is 0 Å². The Hall–Kier alpha value is -2.73. The van der Waals surface area contributed by atoms with E-state index in [1.807, 2.05) is 6.07 Å². The van der Waals surface area contributed by atoms with E-state index in [0.29, 0.717) is 22.7 Å². The number of anilines is 1. The summed E-state index contributed by atoms with van der Waals surface area (Å²) in [4.78, 5) is 25.4. The molecule has 0 unspecified atom stereocenters. The summed E-state index contributed by atoms with van der Waals surface area (Å²) in [5, 5.41) is 2.94. The lowest BCUT2D eigenvalue weighted by atomic mass is 10.2. The van der Waals surface area contributed by atoms with Gasteiger partial charge in [-0.2, -0.15) is 0 Å². The first-order chi connectivity index (χ1) is 11.9. The number of nitrogens with one attached hydrogen (secondary N) is 1. The van der Waals surface area contributed by atoms with Gasteiger partial charge < -0.3 is 19.7 Å². The molecule has 132 valence electrons. The summed E-state index contributed by atoms with van der Waals surface area (Å²) in [5.41, 5.74) is 0.851. The Morgan fingerprint density at radius 2 is 1.80 bits per heavy atom. The first kappa shape index (κ1) is 18.6. The van der Waals surface area contributed by atoms with Crippen LogP contribution >= 0.6 is 11.6 Å². The Morgan fingerprint density at radius 1 is 1.12 bits per heavy atom. The fourth-order valence-electron chi connectivity index (χ4n) is 2.09. The summed E-state index contributed by atoms with van der Waals surface area (Å²) < 4.78 is 10.6. The van der Waals surface area contributed by atoms with Crippen LogP contribution in [-0.2, 0) is 4.79 Å². The summed E-state index contributed by atoms with van der Waals surface area (Å²) in [7, 11) is 4.81. The molecule has 0 spiro atoms. The zero-order chi connectivity index (χ0) is 18.4. The molecule has 2 aromatic carbocycles. The quantitative estimate of drug-likeness (QED) is 0.857. The average Bonchev–Trinajstić information content (AvgIpc) is 2.59. The van der Waals surface area contributed by atoms with Crippen LogP contribution in [0.3, 0.4) is 0 Å². The number of methoxy groups -OCH3 is 1. The van der Waals surface area contributed by atoms with Crippen molar-refractivity contribution in [2.75, 3.05) is 33.1 Å². The van der Waals surface area contributed by atoms with Crippen molar-refractivity contribution in [1.29, 1.82) is 0 Å². The van der Waals surface area contributed by atoms with Crippen LogP contribution < -0.4 is 14.8 Å². The van der Waals surface area contributed by atoms with Crippen LogP contribution in [0.2, 0.25) is 5.02 Å². The van der Waals surface area contributed by atoms with Crippen LogP contribution in [0.15, 0.2) is 42.5 Å². The molecule has 1 N–H and O–H groups in total. The molecule has 0 saturated heterocycles. The van der Waals surface area contributed by atoms with Crippen molar-refractivity contribution in [3.8, 4) is 11.5 Å². The normalized spacial score (nSPS) is 10.1. The molecule has 7 heteroatoms. The maximum absolute atomic E-state index is 12.0. The number of amides is 2. The zero-order valence-corrected chi connectivity index (χ0v) is 15.0. The molecular formula is C18H19ClN2O4. The highest BCUT2D eigenvalue weighted by atomic mass is 35.5. The second-order valence-electron chi connectivity index (χ2n) is 5.38. The second kappa shape index (κ2) is 8.39. The smallest absolute Gasteiger partial charge is 0.262 e. The van der Waals surface area contributed by atoms with Crippen LogP contribution in [0.25, 0.3) is 0 Å². The number of halogens is 1. The molecule has 2 aromatic rings. The SMILES string of the molecule is COc1ccccc1OCC(=O)Nc1ccc(C(=O)N(C)C)c(Cl)c1. The molecule has 25 heavy (non-hydrogen) atoms. The van der Waals surface area contributed by atoms with Crippen LogP contribution in [0.5, 0.6) is 11.5 Å². The molecule has 0 aliphatic carbocycles. The summed E-state index contributed by atoms with van der Waals surface area (Å²) in [6.07, 6.45) is 0. The Kier molecular flexibility index (Phi) is 6.25. The molecule has 0 heterocycles. The lowest BCUT2D eigenvalue weighted by Crippen LogP contribution is -2.22. The number of ether oxygens (including phenoxy) is 2. The number of hydrogen-bond donors (Lipinski definition) is 1. The minimum atomic E-state index is -0.353. The highest BCUT2D eigenvalue weighted by Crippen LogP contribution is 2.26. The third kappa shape index (κ3) is 4.87. The molecule has 0 radical (unpaired) electrons. The number of rotatable bonds is 6. The van der Waals surface area contributed by atoms with Gasteiger partial charge in [0.2, 0.25) is 0 Å². The van der Waals surface area contributed by atoms with Gasteiger partial charge in [0.15, 0.2) is 18.1 Å². The van der Waals surface area contributed by atoms with E-state index in [9.17, 15) is 9.59 Å². The summed E-state index contributed by atoms with van der Waals surface area (Å²) in [6.45, 7) is -0.184. The fourth-order valence-corrected chi connectivity index (χ4v) is 2.35. The summed E-state index contributed by atoms with van der Waals surface area (Å²) in [5.74, 6) is 0.464. The number of para-hydroxylation sites is 2. The van der Waals surface area contributed by atoms with E-state index in [1.165, 1.54) is 18.1 Å². The topological polar surface area (TPSA) is 67.9 Å². The van der Waals surface area contributed by atoms with Gasteiger partial charge in [-0.3, -0.25) is 9.59 Å². The Balaban J connectivity index is 1.99. The second-order valence-corrected chi connectivity index (χ2v) is 5.79. The van der Waals surface area contributed by atoms with Crippen molar-refractivity contribution in [1.82, 2.24) is 4.90 Å². The lowest BCUT2D eigenvalue weighted by Gasteiger charge is -2.13. The minimum Gasteiger partial charge on any atom is -0.493 e. The van der Waals surface area contributed by atoms with Crippen LogP contribution in [0.4, 0.5) is 5.69 Å². The van der Waals surface area contributed by atoms with Gasteiger partial charge in [0, 0.05) is 19.8 Å². The van der Waals surface area contributed by atoms with Crippen molar-refractivity contribution >= 4 is 29.1 Å². The zero-order valence-electron chi connectivity index (χ0n) is 14.2. The van der Waals surface area contributed by atoms with E-state index >= 15 is 0 Å². The standard InChI is InChI=1S/C18H19ClN2O4/c1-21(2)18(23)13-9-8-12(10-14(13)19)20-17(22)11-25-16-7-5-4-6-15(16)24-3/h4-10H,11H2,1-3H3,(H,20,22). The number of nitrogens with zero attached hydrogens (tertiary/aromatic N) is 1. The summed E-state index contributed by atoms with van der Waals surface area (Å²) in [6, 6.07) is 11.8. The average molecular weight is 363 g/mol. The Morgan fingerprint density at radius 3 is 2.40 bits per heavy atom. The van der Waals surface area contributed by atoms with Gasteiger partial charge in [-0.1, -0.05) is 23.7 Å². The predicted molar refractivity (Wildman–Crippen MR) is 96.6 cm³/mol. The molecule has 0 atom stereocenters. The molecule has 0 aromatic heterocycles. The molecule has 0 bridgehead atoms. The van der Waals surface area contributed by atoms with Gasteiger partial charge in [0.1, 0.15) is 0 Å². The predicted octanol–water partition coefficient (Wildman–Crippen LogP) is 3.07. The fraction of sp³-hybridized carbons (Fsp3) is 0.222. The van der Waals surface area contributed by atoms with Crippen molar-refractivity contribution in [3.63, 3.8) is 0 Å². The third-order valence-corrected chi connectivity index (χ3v) is 3.63. The molecule has 6 nitrogen and oxygen atoms in total.